The third-order valence-electron chi connectivity index (χ3n) is 12.1. The zero-order valence-electron chi connectivity index (χ0n) is 33.1. The molecule has 0 spiro atoms. The van der Waals surface area contributed by atoms with E-state index < -0.39 is 0 Å². The van der Waals surface area contributed by atoms with Crippen molar-refractivity contribution in [2.75, 3.05) is 0 Å². The largest absolute Gasteiger partial charge is 0.0622 e. The molecular weight excluding hydrogens is 721 g/mol. The normalized spacial score (nSPS) is 11.3. The van der Waals surface area contributed by atoms with Gasteiger partial charge in [0.15, 0.2) is 0 Å². The summed E-state index contributed by atoms with van der Waals surface area (Å²) in [6.07, 6.45) is 0. The summed E-state index contributed by atoms with van der Waals surface area (Å²) in [6.45, 7) is 0. The number of rotatable bonds is 7. The lowest BCUT2D eigenvalue weighted by Gasteiger charge is -2.20. The summed E-state index contributed by atoms with van der Waals surface area (Å²) >= 11 is 0. The van der Waals surface area contributed by atoms with Gasteiger partial charge in [0.05, 0.1) is 0 Å². The molecule has 0 aliphatic heterocycles. The number of hydrogen-bond donors (Lipinski definition) is 0. The summed E-state index contributed by atoms with van der Waals surface area (Å²) in [5.41, 5.74) is 17.0. The predicted molar refractivity (Wildman–Crippen MR) is 257 cm³/mol. The van der Waals surface area contributed by atoms with E-state index in [0.717, 1.165) is 0 Å². The minimum Gasteiger partial charge on any atom is -0.0622 e. The summed E-state index contributed by atoms with van der Waals surface area (Å²) in [4.78, 5) is 0. The minimum atomic E-state index is 1.18. The van der Waals surface area contributed by atoms with Gasteiger partial charge in [-0.3, -0.25) is 0 Å². The maximum Gasteiger partial charge on any atom is -0.00261 e. The molecule has 0 atom stereocenters. The molecule has 0 radical (unpaired) electrons. The molecule has 0 aliphatic carbocycles. The predicted octanol–water partition coefficient (Wildman–Crippen LogP) is 16.8. The van der Waals surface area contributed by atoms with Gasteiger partial charge in [0.1, 0.15) is 0 Å². The van der Waals surface area contributed by atoms with Crippen molar-refractivity contribution in [3.8, 4) is 77.9 Å². The van der Waals surface area contributed by atoms with Crippen molar-refractivity contribution in [1.29, 1.82) is 0 Å². The van der Waals surface area contributed by atoms with E-state index in [2.05, 4.69) is 243 Å². The second kappa shape index (κ2) is 15.2. The topological polar surface area (TPSA) is 0 Å². The van der Waals surface area contributed by atoms with Gasteiger partial charge >= 0.3 is 0 Å². The molecule has 0 aliphatic rings. The molecule has 11 rings (SSSR count). The first-order valence-corrected chi connectivity index (χ1v) is 20.8. The minimum absolute atomic E-state index is 1.18. The molecule has 11 aromatic carbocycles. The molecule has 0 aromatic heterocycles. The van der Waals surface area contributed by atoms with E-state index in [1.54, 1.807) is 0 Å². The van der Waals surface area contributed by atoms with Crippen molar-refractivity contribution in [2.24, 2.45) is 0 Å². The lowest BCUT2D eigenvalue weighted by Crippen LogP contribution is -1.94. The van der Waals surface area contributed by atoms with Crippen molar-refractivity contribution in [3.63, 3.8) is 0 Å². The van der Waals surface area contributed by atoms with Gasteiger partial charge in [-0.05, 0) is 122 Å². The van der Waals surface area contributed by atoms with E-state index >= 15 is 0 Å². The van der Waals surface area contributed by atoms with Gasteiger partial charge in [0.2, 0.25) is 0 Å². The van der Waals surface area contributed by atoms with Crippen LogP contribution < -0.4 is 0 Å². The van der Waals surface area contributed by atoms with Crippen molar-refractivity contribution in [2.45, 2.75) is 0 Å². The van der Waals surface area contributed by atoms with E-state index in [-0.39, 0.29) is 0 Å². The highest BCUT2D eigenvalue weighted by Gasteiger charge is 2.20. The highest BCUT2D eigenvalue weighted by Crippen LogP contribution is 2.47. The number of hydrogen-bond acceptors (Lipinski definition) is 0. The van der Waals surface area contributed by atoms with Crippen molar-refractivity contribution in [1.82, 2.24) is 0 Å². The van der Waals surface area contributed by atoms with E-state index in [9.17, 15) is 0 Å². The van der Waals surface area contributed by atoms with Gasteiger partial charge < -0.3 is 0 Å². The maximum atomic E-state index is 2.45. The molecule has 60 heavy (non-hydrogen) atoms. The third-order valence-corrected chi connectivity index (χ3v) is 12.1. The molecule has 0 amide bonds. The van der Waals surface area contributed by atoms with Gasteiger partial charge in [-0.1, -0.05) is 231 Å². The van der Waals surface area contributed by atoms with Gasteiger partial charge in [0, 0.05) is 0 Å². The summed E-state index contributed by atoms with van der Waals surface area (Å²) in [6, 6.07) is 88.8. The summed E-state index contributed by atoms with van der Waals surface area (Å²) in [5, 5.41) is 7.51. The van der Waals surface area contributed by atoms with Crippen molar-refractivity contribution < 1.29 is 0 Å². The van der Waals surface area contributed by atoms with Gasteiger partial charge in [-0.2, -0.15) is 0 Å². The molecular formula is C60H40. The Kier molecular flexibility index (Phi) is 8.95. The quantitative estimate of drug-likeness (QED) is 0.142. The molecule has 0 fully saturated rings. The molecule has 0 bridgehead atoms. The average Bonchev–Trinajstić information content (AvgIpc) is 3.33. The number of fused-ring (bicyclic) bond motifs is 3. The maximum absolute atomic E-state index is 2.45. The standard InChI is InChI=1S/C60H40/c1-3-17-41(18-4-1)42-33-35-44(36-34-42)52-38-37-48(60-56-30-13-11-28-54(56)59(45-20-5-2-6-21-45)55-29-12-14-31-57(55)60)40-58(52)53-27-10-9-26-51(53)47-24-15-23-46(39-47)50-32-16-22-43-19-7-8-25-49(43)50/h1-40H. The first-order valence-electron chi connectivity index (χ1n) is 20.8. The van der Waals surface area contributed by atoms with Crippen LogP contribution in [0.15, 0.2) is 243 Å². The van der Waals surface area contributed by atoms with E-state index in [4.69, 9.17) is 0 Å². The Morgan fingerprint density at radius 1 is 0.167 bits per heavy atom. The Balaban J connectivity index is 1.14. The number of benzene rings is 11. The van der Waals surface area contributed by atoms with Crippen LogP contribution in [0.2, 0.25) is 0 Å². The van der Waals surface area contributed by atoms with Crippen LogP contribution in [0, 0.1) is 0 Å². The fourth-order valence-electron chi connectivity index (χ4n) is 9.30. The fraction of sp³-hybridized carbons (Fsp3) is 0. The molecule has 0 heteroatoms. The molecule has 0 heterocycles. The second-order valence-electron chi connectivity index (χ2n) is 15.6. The first kappa shape index (κ1) is 35.4. The lowest BCUT2D eigenvalue weighted by molar-refractivity contribution is 1.55. The molecule has 0 unspecified atom stereocenters. The second-order valence-corrected chi connectivity index (χ2v) is 15.6. The summed E-state index contributed by atoms with van der Waals surface area (Å²) in [5.74, 6) is 0. The Morgan fingerprint density at radius 2 is 0.567 bits per heavy atom. The van der Waals surface area contributed by atoms with Gasteiger partial charge in [0.25, 0.3) is 0 Å². The van der Waals surface area contributed by atoms with Crippen LogP contribution >= 0.6 is 0 Å². The fourth-order valence-corrected chi connectivity index (χ4v) is 9.30. The molecule has 0 N–H and O–H groups in total. The Labute approximate surface area is 351 Å². The lowest BCUT2D eigenvalue weighted by atomic mass is 9.83. The highest BCUT2D eigenvalue weighted by atomic mass is 14.2. The molecule has 280 valence electrons. The average molecular weight is 761 g/mol. The SMILES string of the molecule is c1ccc(-c2ccc(-c3ccc(-c4c5ccccc5c(-c5ccccc5)c5ccccc45)cc3-c3ccccc3-c3cccc(-c4cccc5ccccc45)c3)cc2)cc1. The zero-order valence-corrected chi connectivity index (χ0v) is 33.1. The van der Waals surface area contributed by atoms with Gasteiger partial charge in [-0.25, -0.2) is 0 Å². The van der Waals surface area contributed by atoms with Crippen LogP contribution in [-0.2, 0) is 0 Å². The molecule has 0 nitrogen and oxygen atoms in total. The van der Waals surface area contributed by atoms with Crippen LogP contribution in [0.25, 0.3) is 110 Å². The monoisotopic (exact) mass is 760 g/mol. The van der Waals surface area contributed by atoms with Crippen LogP contribution in [-0.4, -0.2) is 0 Å². The third kappa shape index (κ3) is 6.27. The van der Waals surface area contributed by atoms with Crippen LogP contribution in [0.3, 0.4) is 0 Å². The first-order chi connectivity index (χ1) is 29.8. The molecule has 11 aromatic rings. The molecule has 0 saturated carbocycles. The Hall–Kier alpha value is -7.80. The molecule has 0 saturated heterocycles. The summed E-state index contributed by atoms with van der Waals surface area (Å²) in [7, 11) is 0. The van der Waals surface area contributed by atoms with E-state index in [1.807, 2.05) is 0 Å². The van der Waals surface area contributed by atoms with Gasteiger partial charge in [-0.15, -0.1) is 0 Å². The van der Waals surface area contributed by atoms with E-state index in [0.29, 0.717) is 0 Å². The van der Waals surface area contributed by atoms with Crippen molar-refractivity contribution >= 4 is 32.3 Å². The Bertz CT molecular complexity index is 3280. The van der Waals surface area contributed by atoms with E-state index in [1.165, 1.54) is 110 Å². The smallest absolute Gasteiger partial charge is 0.00261 e. The highest BCUT2D eigenvalue weighted by molar-refractivity contribution is 6.21. The Morgan fingerprint density at radius 3 is 1.23 bits per heavy atom. The van der Waals surface area contributed by atoms with Crippen LogP contribution in [0.4, 0.5) is 0 Å². The van der Waals surface area contributed by atoms with Crippen LogP contribution in [0.1, 0.15) is 0 Å². The zero-order chi connectivity index (χ0) is 39.8. The van der Waals surface area contributed by atoms with Crippen molar-refractivity contribution in [3.05, 3.63) is 243 Å². The van der Waals surface area contributed by atoms with Crippen LogP contribution in [0.5, 0.6) is 0 Å². The summed E-state index contributed by atoms with van der Waals surface area (Å²) < 4.78 is 0.